The van der Waals surface area contributed by atoms with Crippen molar-refractivity contribution < 1.29 is 9.53 Å². The van der Waals surface area contributed by atoms with Crippen LogP contribution in [-0.2, 0) is 5.41 Å². The number of piperidine rings is 1. The summed E-state index contributed by atoms with van der Waals surface area (Å²) >= 11 is 0. The van der Waals surface area contributed by atoms with Gasteiger partial charge in [0.15, 0.2) is 0 Å². The zero-order valence-corrected chi connectivity index (χ0v) is 17.3. The van der Waals surface area contributed by atoms with Gasteiger partial charge in [-0.3, -0.25) is 9.80 Å². The van der Waals surface area contributed by atoms with Gasteiger partial charge in [-0.2, -0.15) is 0 Å². The standard InChI is InChI=1S/C24H29N3O2/c1-18(2)16-26-14-12-24(13-15-26)17-27(22-7-5-4-6-21(22)24)23(28)25-19-8-10-20(29-3)11-9-19/h4-11H,1,12-17H2,2-3H3,(H,25,28). The van der Waals surface area contributed by atoms with Crippen molar-refractivity contribution in [3.8, 4) is 5.75 Å². The molecule has 4 rings (SSSR count). The van der Waals surface area contributed by atoms with Crippen molar-refractivity contribution in [1.29, 1.82) is 0 Å². The van der Waals surface area contributed by atoms with Crippen molar-refractivity contribution in [3.63, 3.8) is 0 Å². The molecule has 0 bridgehead atoms. The second-order valence-corrected chi connectivity index (χ2v) is 8.28. The molecule has 0 saturated carbocycles. The SMILES string of the molecule is C=C(C)CN1CCC2(CC1)CN(C(=O)Nc1ccc(OC)cc1)c1ccccc12. The number of rotatable bonds is 4. The lowest BCUT2D eigenvalue weighted by Crippen LogP contribution is -2.47. The molecule has 2 heterocycles. The van der Waals surface area contributed by atoms with Crippen molar-refractivity contribution in [3.05, 3.63) is 66.2 Å². The van der Waals surface area contributed by atoms with Crippen LogP contribution < -0.4 is 15.0 Å². The van der Waals surface area contributed by atoms with E-state index in [1.54, 1.807) is 7.11 Å². The van der Waals surface area contributed by atoms with Crippen LogP contribution in [0.2, 0.25) is 0 Å². The summed E-state index contributed by atoms with van der Waals surface area (Å²) in [6.45, 7) is 9.90. The summed E-state index contributed by atoms with van der Waals surface area (Å²) in [6, 6.07) is 15.7. The maximum Gasteiger partial charge on any atom is 0.326 e. The molecule has 29 heavy (non-hydrogen) atoms. The third-order valence-electron chi connectivity index (χ3n) is 6.12. The first kappa shape index (κ1) is 19.5. The van der Waals surface area contributed by atoms with Crippen LogP contribution in [0.15, 0.2) is 60.7 Å². The highest BCUT2D eigenvalue weighted by Crippen LogP contribution is 2.47. The maximum atomic E-state index is 13.1. The van der Waals surface area contributed by atoms with E-state index in [4.69, 9.17) is 4.74 Å². The Hall–Kier alpha value is -2.79. The Morgan fingerprint density at radius 3 is 2.48 bits per heavy atom. The predicted octanol–water partition coefficient (Wildman–Crippen LogP) is 4.66. The third kappa shape index (κ3) is 3.87. The molecule has 0 aromatic heterocycles. The number of para-hydroxylation sites is 1. The van der Waals surface area contributed by atoms with Crippen molar-refractivity contribution in [1.82, 2.24) is 4.90 Å². The summed E-state index contributed by atoms with van der Waals surface area (Å²) < 4.78 is 5.20. The van der Waals surface area contributed by atoms with Crippen LogP contribution in [0.5, 0.6) is 5.75 Å². The third-order valence-corrected chi connectivity index (χ3v) is 6.12. The molecule has 2 aromatic carbocycles. The lowest BCUT2D eigenvalue weighted by atomic mass is 9.74. The Morgan fingerprint density at radius 2 is 1.83 bits per heavy atom. The van der Waals surface area contributed by atoms with Gasteiger partial charge in [0, 0.05) is 29.9 Å². The Kier molecular flexibility index (Phi) is 5.33. The van der Waals surface area contributed by atoms with Gasteiger partial charge in [0.25, 0.3) is 0 Å². The minimum Gasteiger partial charge on any atom is -0.497 e. The van der Waals surface area contributed by atoms with E-state index in [0.717, 1.165) is 56.1 Å². The molecule has 0 atom stereocenters. The summed E-state index contributed by atoms with van der Waals surface area (Å²) in [5, 5.41) is 3.04. The lowest BCUT2D eigenvalue weighted by Gasteiger charge is -2.40. The molecule has 5 nitrogen and oxygen atoms in total. The molecule has 1 spiro atoms. The topological polar surface area (TPSA) is 44.8 Å². The Bertz CT molecular complexity index is 899. The van der Waals surface area contributed by atoms with Gasteiger partial charge in [-0.05, 0) is 68.8 Å². The number of anilines is 2. The largest absolute Gasteiger partial charge is 0.497 e. The molecular formula is C24H29N3O2. The lowest BCUT2D eigenvalue weighted by molar-refractivity contribution is 0.177. The predicted molar refractivity (Wildman–Crippen MR) is 118 cm³/mol. The molecule has 2 aromatic rings. The monoisotopic (exact) mass is 391 g/mol. The van der Waals surface area contributed by atoms with Gasteiger partial charge in [0.2, 0.25) is 0 Å². The van der Waals surface area contributed by atoms with Gasteiger partial charge in [-0.1, -0.05) is 30.4 Å². The summed E-state index contributed by atoms with van der Waals surface area (Å²) in [4.78, 5) is 17.5. The zero-order chi connectivity index (χ0) is 20.4. The molecule has 2 aliphatic heterocycles. The Balaban J connectivity index is 1.52. The summed E-state index contributed by atoms with van der Waals surface area (Å²) in [5.41, 5.74) is 4.35. The van der Waals surface area contributed by atoms with Crippen molar-refractivity contribution in [2.75, 3.05) is 43.5 Å². The number of hydrogen-bond donors (Lipinski definition) is 1. The normalized spacial score (nSPS) is 17.8. The van der Waals surface area contributed by atoms with Gasteiger partial charge in [0.1, 0.15) is 5.75 Å². The van der Waals surface area contributed by atoms with Crippen molar-refractivity contribution in [2.45, 2.75) is 25.2 Å². The number of urea groups is 1. The first-order valence-corrected chi connectivity index (χ1v) is 10.2. The fraction of sp³-hybridized carbons (Fsp3) is 0.375. The molecule has 5 heteroatoms. The highest BCUT2D eigenvalue weighted by molar-refractivity contribution is 6.03. The summed E-state index contributed by atoms with van der Waals surface area (Å²) in [6.07, 6.45) is 2.12. The van der Waals surface area contributed by atoms with Gasteiger partial charge < -0.3 is 10.1 Å². The fourth-order valence-electron chi connectivity index (χ4n) is 4.63. The smallest absolute Gasteiger partial charge is 0.326 e. The number of nitrogens with zero attached hydrogens (tertiary/aromatic N) is 2. The molecule has 1 fully saturated rings. The number of carbonyl (C=O) groups excluding carboxylic acids is 1. The second-order valence-electron chi connectivity index (χ2n) is 8.28. The number of carbonyl (C=O) groups is 1. The van der Waals surface area contributed by atoms with Gasteiger partial charge >= 0.3 is 6.03 Å². The van der Waals surface area contributed by atoms with E-state index in [0.29, 0.717) is 0 Å². The van der Waals surface area contributed by atoms with Crippen LogP contribution >= 0.6 is 0 Å². The number of hydrogen-bond acceptors (Lipinski definition) is 3. The average molecular weight is 392 g/mol. The fourth-order valence-corrected chi connectivity index (χ4v) is 4.63. The van der Waals surface area contributed by atoms with E-state index in [2.05, 4.69) is 41.9 Å². The molecule has 152 valence electrons. The van der Waals surface area contributed by atoms with Crippen molar-refractivity contribution >= 4 is 17.4 Å². The van der Waals surface area contributed by atoms with Crippen LogP contribution in [0.25, 0.3) is 0 Å². The van der Waals surface area contributed by atoms with Crippen LogP contribution in [0.1, 0.15) is 25.3 Å². The van der Waals surface area contributed by atoms with E-state index in [-0.39, 0.29) is 11.4 Å². The van der Waals surface area contributed by atoms with Gasteiger partial charge in [-0.25, -0.2) is 4.79 Å². The first-order valence-electron chi connectivity index (χ1n) is 10.2. The number of benzene rings is 2. The molecule has 0 aliphatic carbocycles. The van der Waals surface area contributed by atoms with Crippen LogP contribution in [0.3, 0.4) is 0 Å². The van der Waals surface area contributed by atoms with E-state index < -0.39 is 0 Å². The second kappa shape index (κ2) is 7.91. The Morgan fingerprint density at radius 1 is 1.14 bits per heavy atom. The minimum absolute atomic E-state index is 0.0411. The number of nitrogens with one attached hydrogen (secondary N) is 1. The molecule has 0 radical (unpaired) electrons. The van der Waals surface area contributed by atoms with Crippen LogP contribution in [0, 0.1) is 0 Å². The molecule has 1 saturated heterocycles. The molecule has 2 amide bonds. The van der Waals surface area contributed by atoms with Gasteiger partial charge in [-0.15, -0.1) is 0 Å². The van der Waals surface area contributed by atoms with Crippen LogP contribution in [-0.4, -0.2) is 44.2 Å². The summed E-state index contributed by atoms with van der Waals surface area (Å²) in [7, 11) is 1.63. The van der Waals surface area contributed by atoms with Crippen LogP contribution in [0.4, 0.5) is 16.2 Å². The first-order chi connectivity index (χ1) is 14.0. The average Bonchev–Trinajstić information content (AvgIpc) is 3.05. The highest BCUT2D eigenvalue weighted by Gasteiger charge is 2.46. The molecule has 2 aliphatic rings. The van der Waals surface area contributed by atoms with Gasteiger partial charge in [0.05, 0.1) is 7.11 Å². The van der Waals surface area contributed by atoms with E-state index in [1.807, 2.05) is 35.2 Å². The summed E-state index contributed by atoms with van der Waals surface area (Å²) in [5.74, 6) is 0.773. The highest BCUT2D eigenvalue weighted by atomic mass is 16.5. The number of fused-ring (bicyclic) bond motifs is 2. The van der Waals surface area contributed by atoms with E-state index in [1.165, 1.54) is 11.1 Å². The number of amides is 2. The Labute approximate surface area is 173 Å². The molecular weight excluding hydrogens is 362 g/mol. The molecule has 0 unspecified atom stereocenters. The van der Waals surface area contributed by atoms with E-state index in [9.17, 15) is 4.79 Å². The van der Waals surface area contributed by atoms with Crippen molar-refractivity contribution in [2.24, 2.45) is 0 Å². The quantitative estimate of drug-likeness (QED) is 0.771. The number of methoxy groups -OCH3 is 1. The van der Waals surface area contributed by atoms with E-state index >= 15 is 0 Å². The maximum absolute atomic E-state index is 13.1. The number of ether oxygens (including phenoxy) is 1. The molecule has 1 N–H and O–H groups in total. The zero-order valence-electron chi connectivity index (χ0n) is 17.3. The number of likely N-dealkylation sites (tertiary alicyclic amines) is 1. The minimum atomic E-state index is -0.0798.